The van der Waals surface area contributed by atoms with Gasteiger partial charge in [0.15, 0.2) is 0 Å². The van der Waals surface area contributed by atoms with E-state index in [0.717, 1.165) is 18.7 Å². The third-order valence-electron chi connectivity index (χ3n) is 3.38. The van der Waals surface area contributed by atoms with Crippen LogP contribution in [0.25, 0.3) is 5.69 Å². The van der Waals surface area contributed by atoms with Crippen molar-refractivity contribution < 1.29 is 9.18 Å². The minimum atomic E-state index is -0.301. The summed E-state index contributed by atoms with van der Waals surface area (Å²) in [5, 5.41) is 2.83. The van der Waals surface area contributed by atoms with E-state index in [1.165, 1.54) is 18.5 Å². The van der Waals surface area contributed by atoms with Crippen LogP contribution in [0.15, 0.2) is 55.5 Å². The van der Waals surface area contributed by atoms with Gasteiger partial charge < -0.3 is 14.5 Å². The number of carbonyl (C=O) groups is 1. The standard InChI is InChI=1S/C16H16FN5O/c17-13-2-4-14(5-3-13)22-10-15(20-12-22)16(23)19-6-1-8-21-9-7-18-11-21/h2-5,7,9-12H,1,6,8H2,(H,19,23). The van der Waals surface area contributed by atoms with Crippen molar-refractivity contribution in [2.75, 3.05) is 6.54 Å². The lowest BCUT2D eigenvalue weighted by atomic mass is 10.3. The summed E-state index contributed by atoms with van der Waals surface area (Å²) in [6.07, 6.45) is 9.31. The number of aryl methyl sites for hydroxylation is 1. The van der Waals surface area contributed by atoms with E-state index in [-0.39, 0.29) is 11.7 Å². The Hall–Kier alpha value is -2.96. The number of nitrogens with one attached hydrogen (secondary N) is 1. The van der Waals surface area contributed by atoms with Gasteiger partial charge in [-0.1, -0.05) is 0 Å². The second-order valence-corrected chi connectivity index (χ2v) is 5.05. The van der Waals surface area contributed by atoms with Gasteiger partial charge in [0.1, 0.15) is 17.8 Å². The fraction of sp³-hybridized carbons (Fsp3) is 0.188. The molecule has 7 heteroatoms. The summed E-state index contributed by atoms with van der Waals surface area (Å²) in [6.45, 7) is 1.35. The Morgan fingerprint density at radius 1 is 1.22 bits per heavy atom. The Balaban J connectivity index is 1.52. The first kappa shape index (κ1) is 15.0. The molecule has 2 heterocycles. The molecule has 1 aromatic carbocycles. The summed E-state index contributed by atoms with van der Waals surface area (Å²) in [4.78, 5) is 20.1. The second-order valence-electron chi connectivity index (χ2n) is 5.05. The molecule has 0 aliphatic heterocycles. The minimum Gasteiger partial charge on any atom is -0.351 e. The molecule has 1 amide bonds. The molecular formula is C16H16FN5O. The minimum absolute atomic E-state index is 0.225. The average molecular weight is 313 g/mol. The molecule has 0 bridgehead atoms. The molecular weight excluding hydrogens is 297 g/mol. The van der Waals surface area contributed by atoms with Crippen LogP contribution in [-0.4, -0.2) is 31.6 Å². The fourth-order valence-corrected chi connectivity index (χ4v) is 2.17. The number of benzene rings is 1. The zero-order chi connectivity index (χ0) is 16.1. The maximum Gasteiger partial charge on any atom is 0.271 e. The van der Waals surface area contributed by atoms with Gasteiger partial charge in [0.05, 0.1) is 6.33 Å². The summed E-state index contributed by atoms with van der Waals surface area (Å²) < 4.78 is 16.6. The molecule has 0 spiro atoms. The summed E-state index contributed by atoms with van der Waals surface area (Å²) in [6, 6.07) is 5.99. The summed E-state index contributed by atoms with van der Waals surface area (Å²) in [5.41, 5.74) is 1.08. The topological polar surface area (TPSA) is 64.7 Å². The van der Waals surface area contributed by atoms with Crippen LogP contribution in [0.2, 0.25) is 0 Å². The van der Waals surface area contributed by atoms with Crippen molar-refractivity contribution in [3.8, 4) is 5.69 Å². The van der Waals surface area contributed by atoms with Gasteiger partial charge in [0, 0.05) is 37.4 Å². The van der Waals surface area contributed by atoms with E-state index in [1.807, 2.05) is 10.8 Å². The molecule has 0 fully saturated rings. The van der Waals surface area contributed by atoms with Crippen molar-refractivity contribution in [1.29, 1.82) is 0 Å². The number of hydrogen-bond donors (Lipinski definition) is 1. The van der Waals surface area contributed by atoms with E-state index >= 15 is 0 Å². The number of hydrogen-bond acceptors (Lipinski definition) is 3. The van der Waals surface area contributed by atoms with Crippen LogP contribution in [-0.2, 0) is 6.54 Å². The van der Waals surface area contributed by atoms with E-state index in [0.29, 0.717) is 12.2 Å². The third kappa shape index (κ3) is 3.82. The molecule has 0 saturated heterocycles. The summed E-state index contributed by atoms with van der Waals surface area (Å²) in [5.74, 6) is -0.527. The van der Waals surface area contributed by atoms with Gasteiger partial charge in [0.25, 0.3) is 5.91 Å². The molecule has 1 N–H and O–H groups in total. The predicted molar refractivity (Wildman–Crippen MR) is 82.7 cm³/mol. The van der Waals surface area contributed by atoms with Gasteiger partial charge in [0.2, 0.25) is 0 Å². The van der Waals surface area contributed by atoms with Gasteiger partial charge in [-0.3, -0.25) is 4.79 Å². The molecule has 0 aliphatic rings. The van der Waals surface area contributed by atoms with Crippen LogP contribution in [0.5, 0.6) is 0 Å². The van der Waals surface area contributed by atoms with Crippen LogP contribution in [0.3, 0.4) is 0 Å². The van der Waals surface area contributed by atoms with Crippen LogP contribution in [0.4, 0.5) is 4.39 Å². The zero-order valence-corrected chi connectivity index (χ0v) is 12.4. The molecule has 3 aromatic rings. The molecule has 0 atom stereocenters. The quantitative estimate of drug-likeness (QED) is 0.708. The van der Waals surface area contributed by atoms with Crippen molar-refractivity contribution in [2.24, 2.45) is 0 Å². The molecule has 118 valence electrons. The van der Waals surface area contributed by atoms with Crippen LogP contribution >= 0.6 is 0 Å². The highest BCUT2D eigenvalue weighted by atomic mass is 19.1. The average Bonchev–Trinajstić information content (AvgIpc) is 3.24. The smallest absolute Gasteiger partial charge is 0.271 e. The first-order chi connectivity index (χ1) is 11.2. The number of imidazole rings is 2. The highest BCUT2D eigenvalue weighted by Gasteiger charge is 2.09. The van der Waals surface area contributed by atoms with Crippen molar-refractivity contribution in [2.45, 2.75) is 13.0 Å². The number of halogens is 1. The molecule has 0 radical (unpaired) electrons. The summed E-state index contributed by atoms with van der Waals surface area (Å²) >= 11 is 0. The van der Waals surface area contributed by atoms with Crippen molar-refractivity contribution in [1.82, 2.24) is 24.4 Å². The van der Waals surface area contributed by atoms with Gasteiger partial charge in [-0.05, 0) is 30.7 Å². The monoisotopic (exact) mass is 313 g/mol. The summed E-state index contributed by atoms with van der Waals surface area (Å²) in [7, 11) is 0. The lowest BCUT2D eigenvalue weighted by Gasteiger charge is -2.04. The molecule has 0 unspecified atom stereocenters. The Bertz CT molecular complexity index is 764. The van der Waals surface area contributed by atoms with Crippen LogP contribution in [0, 0.1) is 5.82 Å². The molecule has 23 heavy (non-hydrogen) atoms. The van der Waals surface area contributed by atoms with Crippen molar-refractivity contribution in [3.05, 3.63) is 67.0 Å². The Labute approximate surface area is 132 Å². The van der Waals surface area contributed by atoms with Gasteiger partial charge in [-0.2, -0.15) is 0 Å². The highest BCUT2D eigenvalue weighted by molar-refractivity contribution is 5.92. The number of aromatic nitrogens is 4. The van der Waals surface area contributed by atoms with Crippen LogP contribution < -0.4 is 5.32 Å². The Kier molecular flexibility index (Phi) is 4.46. The molecule has 3 rings (SSSR count). The van der Waals surface area contributed by atoms with E-state index in [2.05, 4.69) is 15.3 Å². The number of carbonyl (C=O) groups excluding carboxylic acids is 1. The first-order valence-electron chi connectivity index (χ1n) is 7.26. The highest BCUT2D eigenvalue weighted by Crippen LogP contribution is 2.09. The predicted octanol–water partition coefficient (Wildman–Crippen LogP) is 2.03. The zero-order valence-electron chi connectivity index (χ0n) is 12.4. The number of nitrogens with zero attached hydrogens (tertiary/aromatic N) is 4. The normalized spacial score (nSPS) is 10.7. The lowest BCUT2D eigenvalue weighted by Crippen LogP contribution is -2.25. The lowest BCUT2D eigenvalue weighted by molar-refractivity contribution is 0.0948. The van der Waals surface area contributed by atoms with E-state index in [9.17, 15) is 9.18 Å². The second kappa shape index (κ2) is 6.87. The molecule has 0 saturated carbocycles. The van der Waals surface area contributed by atoms with E-state index in [1.54, 1.807) is 35.4 Å². The number of amides is 1. The van der Waals surface area contributed by atoms with E-state index < -0.39 is 0 Å². The van der Waals surface area contributed by atoms with Gasteiger partial charge in [-0.15, -0.1) is 0 Å². The third-order valence-corrected chi connectivity index (χ3v) is 3.38. The van der Waals surface area contributed by atoms with Crippen molar-refractivity contribution in [3.63, 3.8) is 0 Å². The molecule has 2 aromatic heterocycles. The van der Waals surface area contributed by atoms with Crippen molar-refractivity contribution >= 4 is 5.91 Å². The maximum atomic E-state index is 12.9. The van der Waals surface area contributed by atoms with E-state index in [4.69, 9.17) is 0 Å². The van der Waals surface area contributed by atoms with Gasteiger partial charge >= 0.3 is 0 Å². The number of rotatable bonds is 6. The fourth-order valence-electron chi connectivity index (χ4n) is 2.17. The molecule has 6 nitrogen and oxygen atoms in total. The van der Waals surface area contributed by atoms with Gasteiger partial charge in [-0.25, -0.2) is 14.4 Å². The SMILES string of the molecule is O=C(NCCCn1ccnc1)c1cn(-c2ccc(F)cc2)cn1. The Morgan fingerprint density at radius 3 is 2.78 bits per heavy atom. The largest absolute Gasteiger partial charge is 0.351 e. The molecule has 0 aliphatic carbocycles. The first-order valence-corrected chi connectivity index (χ1v) is 7.26. The van der Waals surface area contributed by atoms with Crippen LogP contribution in [0.1, 0.15) is 16.9 Å². The maximum absolute atomic E-state index is 12.9. The Morgan fingerprint density at radius 2 is 2.04 bits per heavy atom.